The van der Waals surface area contributed by atoms with Gasteiger partial charge in [0.25, 0.3) is 0 Å². The molecule has 3 heterocycles. The number of rotatable bonds is 7. The van der Waals surface area contributed by atoms with Crippen molar-refractivity contribution in [2.45, 2.75) is 58.3 Å². The summed E-state index contributed by atoms with van der Waals surface area (Å²) >= 11 is 1.98. The van der Waals surface area contributed by atoms with Crippen LogP contribution in [0.3, 0.4) is 0 Å². The third-order valence-electron chi connectivity index (χ3n) is 7.17. The molecule has 5 heteroatoms. The van der Waals surface area contributed by atoms with Crippen LogP contribution in [0.4, 0.5) is 0 Å². The number of nitrogens with zero attached hydrogens (tertiary/aromatic N) is 3. The first-order valence-electron chi connectivity index (χ1n) is 12.2. The average molecular weight is 473 g/mol. The molecule has 1 atom stereocenters. The highest BCUT2D eigenvalue weighted by Gasteiger charge is 2.37. The number of aromatic nitrogens is 3. The Morgan fingerprint density at radius 2 is 1.82 bits per heavy atom. The Balaban J connectivity index is 1.55. The quantitative estimate of drug-likeness (QED) is 0.288. The van der Waals surface area contributed by atoms with Crippen molar-refractivity contribution in [1.82, 2.24) is 9.13 Å². The standard InChI is InChI=1S/C29H34N3OS/c1-6-24-19-34-29-31(24)18-28(32(29)27-10-8-7-9-20(27)2)26-17-21(3)30(22(26)4)16-15-23-11-13-25(33-5)14-12-23/h7-14,17-18,24H,6,15-16,19H2,1-5H3/q+1/t24-/m0/s1. The number of para-hydroxylation sites is 1. The number of imidazole rings is 1. The Kier molecular flexibility index (Phi) is 6.30. The Hall–Kier alpha value is -2.92. The molecule has 0 saturated carbocycles. The van der Waals surface area contributed by atoms with Gasteiger partial charge in [0.05, 0.1) is 7.11 Å². The third kappa shape index (κ3) is 3.96. The molecular formula is C29H34N3OS+. The second-order valence-corrected chi connectivity index (χ2v) is 10.2. The van der Waals surface area contributed by atoms with E-state index in [1.807, 2.05) is 23.9 Å². The van der Waals surface area contributed by atoms with Crippen LogP contribution in [-0.4, -0.2) is 22.0 Å². The van der Waals surface area contributed by atoms with E-state index in [0.29, 0.717) is 6.04 Å². The Bertz CT molecular complexity index is 1320. The third-order valence-corrected chi connectivity index (χ3v) is 8.38. The van der Waals surface area contributed by atoms with Gasteiger partial charge in [0.1, 0.15) is 23.7 Å². The second-order valence-electron chi connectivity index (χ2n) is 9.23. The molecule has 5 rings (SSSR count). The van der Waals surface area contributed by atoms with Crippen LogP contribution in [0.5, 0.6) is 5.75 Å². The molecule has 0 bridgehead atoms. The van der Waals surface area contributed by atoms with E-state index >= 15 is 0 Å². The van der Waals surface area contributed by atoms with Gasteiger partial charge in [0.2, 0.25) is 0 Å². The fourth-order valence-electron chi connectivity index (χ4n) is 5.10. The van der Waals surface area contributed by atoms with Gasteiger partial charge in [-0.1, -0.05) is 37.3 Å². The summed E-state index contributed by atoms with van der Waals surface area (Å²) in [6.07, 6.45) is 4.55. The minimum Gasteiger partial charge on any atom is -0.497 e. The van der Waals surface area contributed by atoms with Gasteiger partial charge in [-0.15, -0.1) is 0 Å². The largest absolute Gasteiger partial charge is 0.497 e. The molecule has 0 fully saturated rings. The van der Waals surface area contributed by atoms with Crippen molar-refractivity contribution >= 4 is 11.8 Å². The van der Waals surface area contributed by atoms with Gasteiger partial charge in [0.15, 0.2) is 5.69 Å². The number of methoxy groups -OCH3 is 1. The molecule has 4 nitrogen and oxygen atoms in total. The Morgan fingerprint density at radius 3 is 2.53 bits per heavy atom. The van der Waals surface area contributed by atoms with Crippen LogP contribution in [0.25, 0.3) is 16.9 Å². The van der Waals surface area contributed by atoms with Crippen molar-refractivity contribution < 1.29 is 9.30 Å². The highest BCUT2D eigenvalue weighted by atomic mass is 32.2. The predicted octanol–water partition coefficient (Wildman–Crippen LogP) is 6.47. The van der Waals surface area contributed by atoms with E-state index < -0.39 is 0 Å². The predicted molar refractivity (Wildman–Crippen MR) is 140 cm³/mol. The highest BCUT2D eigenvalue weighted by molar-refractivity contribution is 7.99. The molecule has 0 unspecified atom stereocenters. The van der Waals surface area contributed by atoms with Gasteiger partial charge >= 0.3 is 5.16 Å². The van der Waals surface area contributed by atoms with E-state index in [2.05, 4.69) is 90.1 Å². The van der Waals surface area contributed by atoms with Crippen LogP contribution in [0.1, 0.15) is 41.9 Å². The fourth-order valence-corrected chi connectivity index (χ4v) is 6.52. The van der Waals surface area contributed by atoms with E-state index in [0.717, 1.165) is 30.9 Å². The minimum absolute atomic E-state index is 0.558. The molecule has 2 aromatic carbocycles. The zero-order chi connectivity index (χ0) is 23.8. The normalized spacial score (nSPS) is 15.0. The van der Waals surface area contributed by atoms with Gasteiger partial charge in [-0.2, -0.15) is 4.57 Å². The molecule has 176 valence electrons. The maximum Gasteiger partial charge on any atom is 0.324 e. The number of hydrogen-bond acceptors (Lipinski definition) is 2. The van der Waals surface area contributed by atoms with Crippen molar-refractivity contribution in [1.29, 1.82) is 0 Å². The van der Waals surface area contributed by atoms with Gasteiger partial charge in [-0.05, 0) is 80.8 Å². The molecule has 1 aliphatic heterocycles. The molecule has 0 radical (unpaired) electrons. The minimum atomic E-state index is 0.558. The molecule has 0 N–H and O–H groups in total. The summed E-state index contributed by atoms with van der Waals surface area (Å²) in [7, 11) is 1.71. The first-order valence-corrected chi connectivity index (χ1v) is 13.2. The van der Waals surface area contributed by atoms with Crippen LogP contribution in [0, 0.1) is 20.8 Å². The van der Waals surface area contributed by atoms with Gasteiger partial charge in [-0.3, -0.25) is 0 Å². The SMILES string of the molecule is CC[C@H]1CSc2n(-c3ccccc3C)c(-c3cc(C)n(CCc4ccc(OC)cc4)c3C)c[n+]21. The van der Waals surface area contributed by atoms with E-state index in [9.17, 15) is 0 Å². The fraction of sp³-hybridized carbons (Fsp3) is 0.345. The lowest BCUT2D eigenvalue weighted by atomic mass is 10.1. The lowest BCUT2D eigenvalue weighted by Gasteiger charge is -2.11. The topological polar surface area (TPSA) is 23.0 Å². The van der Waals surface area contributed by atoms with E-state index in [1.165, 1.54) is 44.6 Å². The summed E-state index contributed by atoms with van der Waals surface area (Å²) in [6, 6.07) is 20.1. The molecule has 0 saturated heterocycles. The molecule has 0 aliphatic carbocycles. The summed E-state index contributed by atoms with van der Waals surface area (Å²) in [5.74, 6) is 2.06. The summed E-state index contributed by atoms with van der Waals surface area (Å²) < 4.78 is 12.8. The lowest BCUT2D eigenvalue weighted by Crippen LogP contribution is -2.36. The van der Waals surface area contributed by atoms with Crippen molar-refractivity contribution in [3.63, 3.8) is 0 Å². The molecule has 0 spiro atoms. The van der Waals surface area contributed by atoms with Gasteiger partial charge in [0, 0.05) is 29.2 Å². The van der Waals surface area contributed by atoms with Gasteiger partial charge in [-0.25, -0.2) is 4.57 Å². The molecular weight excluding hydrogens is 438 g/mol. The first kappa shape index (κ1) is 22.9. The number of ether oxygens (including phenoxy) is 1. The number of hydrogen-bond donors (Lipinski definition) is 0. The molecule has 0 amide bonds. The molecule has 2 aromatic heterocycles. The molecule has 34 heavy (non-hydrogen) atoms. The molecule has 4 aromatic rings. The van der Waals surface area contributed by atoms with Crippen molar-refractivity contribution in [2.75, 3.05) is 12.9 Å². The van der Waals surface area contributed by atoms with E-state index in [1.54, 1.807) is 7.11 Å². The van der Waals surface area contributed by atoms with Gasteiger partial charge < -0.3 is 9.30 Å². The monoisotopic (exact) mass is 472 g/mol. The van der Waals surface area contributed by atoms with Crippen molar-refractivity contribution in [2.24, 2.45) is 0 Å². The number of benzene rings is 2. The summed E-state index contributed by atoms with van der Waals surface area (Å²) in [4.78, 5) is 0. The zero-order valence-corrected chi connectivity index (χ0v) is 21.7. The van der Waals surface area contributed by atoms with Crippen LogP contribution in [0.2, 0.25) is 0 Å². The lowest BCUT2D eigenvalue weighted by molar-refractivity contribution is -0.747. The Morgan fingerprint density at radius 1 is 1.06 bits per heavy atom. The van der Waals surface area contributed by atoms with Crippen molar-refractivity contribution in [3.8, 4) is 22.7 Å². The molecule has 1 aliphatic rings. The number of fused-ring (bicyclic) bond motifs is 1. The highest BCUT2D eigenvalue weighted by Crippen LogP contribution is 2.38. The van der Waals surface area contributed by atoms with Crippen LogP contribution >= 0.6 is 11.8 Å². The summed E-state index contributed by atoms with van der Waals surface area (Å²) in [5.41, 5.74) is 9.16. The maximum atomic E-state index is 5.31. The average Bonchev–Trinajstić information content (AvgIpc) is 3.50. The summed E-state index contributed by atoms with van der Waals surface area (Å²) in [5, 5.41) is 1.35. The second kappa shape index (κ2) is 9.38. The Labute approximate surface area is 207 Å². The van der Waals surface area contributed by atoms with Crippen LogP contribution in [-0.2, 0) is 13.0 Å². The van der Waals surface area contributed by atoms with E-state index in [-0.39, 0.29) is 0 Å². The van der Waals surface area contributed by atoms with E-state index in [4.69, 9.17) is 4.74 Å². The van der Waals surface area contributed by atoms with Crippen LogP contribution in [0.15, 0.2) is 66.0 Å². The maximum absolute atomic E-state index is 5.31. The zero-order valence-electron chi connectivity index (χ0n) is 20.8. The van der Waals surface area contributed by atoms with Crippen molar-refractivity contribution in [3.05, 3.63) is 83.3 Å². The number of thioether (sulfide) groups is 1. The number of aryl methyl sites for hydroxylation is 3. The smallest absolute Gasteiger partial charge is 0.324 e. The summed E-state index contributed by atoms with van der Waals surface area (Å²) in [6.45, 7) is 9.98. The van der Waals surface area contributed by atoms with Crippen LogP contribution < -0.4 is 9.30 Å². The first-order chi connectivity index (χ1) is 16.5.